The number of hydrogen-bond acceptors (Lipinski definition) is 6. The van der Waals surface area contributed by atoms with Gasteiger partial charge in [-0.05, 0) is 17.7 Å². The van der Waals surface area contributed by atoms with E-state index in [0.717, 1.165) is 9.90 Å². The second kappa shape index (κ2) is 9.13. The Bertz CT molecular complexity index is 679. The smallest absolute Gasteiger partial charge is 0.236 e. The van der Waals surface area contributed by atoms with Crippen molar-refractivity contribution in [2.45, 2.75) is 29.2 Å². The number of aromatic nitrogens is 2. The van der Waals surface area contributed by atoms with E-state index in [9.17, 15) is 4.79 Å². The van der Waals surface area contributed by atoms with E-state index in [0.29, 0.717) is 31.9 Å². The summed E-state index contributed by atoms with van der Waals surface area (Å²) in [5, 5.41) is 12.8. The molecule has 0 atom stereocenters. The highest BCUT2D eigenvalue weighted by atomic mass is 35.5. The Labute approximate surface area is 157 Å². The van der Waals surface area contributed by atoms with Gasteiger partial charge >= 0.3 is 0 Å². The molecule has 0 bridgehead atoms. The lowest BCUT2D eigenvalue weighted by Gasteiger charge is -2.03. The zero-order valence-corrected chi connectivity index (χ0v) is 16.5. The molecule has 4 nitrogen and oxygen atoms in total. The molecule has 2 aromatic rings. The molecule has 0 aliphatic heterocycles. The summed E-state index contributed by atoms with van der Waals surface area (Å²) in [4.78, 5) is 11.9. The molecule has 0 saturated carbocycles. The fourth-order valence-electron chi connectivity index (χ4n) is 1.56. The molecule has 0 unspecified atom stereocenters. The van der Waals surface area contributed by atoms with E-state index in [1.165, 1.54) is 23.1 Å². The van der Waals surface area contributed by atoms with Gasteiger partial charge in [0.25, 0.3) is 0 Å². The molecule has 1 amide bonds. The Hall–Kier alpha value is -0.470. The van der Waals surface area contributed by atoms with E-state index < -0.39 is 0 Å². The summed E-state index contributed by atoms with van der Waals surface area (Å²) in [6, 6.07) is 5.48. The molecule has 0 radical (unpaired) electrons. The molecule has 124 valence electrons. The Morgan fingerprint density at radius 2 is 2.09 bits per heavy atom. The SMILES string of the molecule is CC(C)Sc1nnc(NC(=O)CSCc2ccc(Cl)c(Cl)c2)s1. The molecule has 0 aliphatic rings. The monoisotopic (exact) mass is 407 g/mol. The second-order valence-electron chi connectivity index (χ2n) is 4.83. The van der Waals surface area contributed by atoms with Crippen molar-refractivity contribution in [3.63, 3.8) is 0 Å². The van der Waals surface area contributed by atoms with Gasteiger partial charge in [0, 0.05) is 11.0 Å². The average Bonchev–Trinajstić information content (AvgIpc) is 2.89. The molecule has 2 rings (SSSR count). The zero-order chi connectivity index (χ0) is 16.8. The van der Waals surface area contributed by atoms with Gasteiger partial charge in [0.1, 0.15) is 0 Å². The quantitative estimate of drug-likeness (QED) is 0.503. The van der Waals surface area contributed by atoms with Crippen molar-refractivity contribution >= 4 is 69.1 Å². The molecule has 1 heterocycles. The zero-order valence-electron chi connectivity index (χ0n) is 12.5. The number of carbonyl (C=O) groups is 1. The fourth-order valence-corrected chi connectivity index (χ4v) is 4.64. The number of thioether (sulfide) groups is 2. The Balaban J connectivity index is 1.76. The summed E-state index contributed by atoms with van der Waals surface area (Å²) in [6.07, 6.45) is 0. The highest BCUT2D eigenvalue weighted by molar-refractivity contribution is 8.01. The van der Waals surface area contributed by atoms with Crippen LogP contribution in [-0.4, -0.2) is 27.1 Å². The molecule has 0 fully saturated rings. The number of hydrogen-bond donors (Lipinski definition) is 1. The van der Waals surface area contributed by atoms with Gasteiger partial charge in [0.15, 0.2) is 4.34 Å². The number of nitrogens with one attached hydrogen (secondary N) is 1. The molecular formula is C14H15Cl2N3OS3. The minimum Gasteiger partial charge on any atom is -0.300 e. The Morgan fingerprint density at radius 1 is 1.30 bits per heavy atom. The Morgan fingerprint density at radius 3 is 2.78 bits per heavy atom. The van der Waals surface area contributed by atoms with Crippen LogP contribution in [0.15, 0.2) is 22.5 Å². The van der Waals surface area contributed by atoms with Crippen molar-refractivity contribution in [1.82, 2.24) is 10.2 Å². The third kappa shape index (κ3) is 6.51. The van der Waals surface area contributed by atoms with Crippen molar-refractivity contribution < 1.29 is 4.79 Å². The maximum atomic E-state index is 11.9. The number of rotatable bonds is 7. The van der Waals surface area contributed by atoms with E-state index in [1.54, 1.807) is 17.8 Å². The maximum Gasteiger partial charge on any atom is 0.236 e. The molecule has 0 spiro atoms. The van der Waals surface area contributed by atoms with Crippen molar-refractivity contribution in [3.8, 4) is 0 Å². The van der Waals surface area contributed by atoms with Crippen LogP contribution in [0.5, 0.6) is 0 Å². The predicted molar refractivity (Wildman–Crippen MR) is 102 cm³/mol. The normalized spacial score (nSPS) is 11.0. The summed E-state index contributed by atoms with van der Waals surface area (Å²) in [7, 11) is 0. The fraction of sp³-hybridized carbons (Fsp3) is 0.357. The van der Waals surface area contributed by atoms with Crippen LogP contribution in [0, 0.1) is 0 Å². The summed E-state index contributed by atoms with van der Waals surface area (Å²) < 4.78 is 0.860. The van der Waals surface area contributed by atoms with Gasteiger partial charge in [-0.25, -0.2) is 0 Å². The highest BCUT2D eigenvalue weighted by Crippen LogP contribution is 2.28. The van der Waals surface area contributed by atoms with Crippen LogP contribution in [0.4, 0.5) is 5.13 Å². The van der Waals surface area contributed by atoms with E-state index >= 15 is 0 Å². The summed E-state index contributed by atoms with van der Waals surface area (Å²) >= 11 is 16.4. The largest absolute Gasteiger partial charge is 0.300 e. The van der Waals surface area contributed by atoms with Crippen LogP contribution in [-0.2, 0) is 10.5 Å². The van der Waals surface area contributed by atoms with Gasteiger partial charge in [-0.2, -0.15) is 0 Å². The van der Waals surface area contributed by atoms with Crippen molar-refractivity contribution in [2.24, 2.45) is 0 Å². The molecule has 1 aromatic heterocycles. The molecule has 0 saturated heterocycles. The van der Waals surface area contributed by atoms with E-state index in [-0.39, 0.29) is 5.91 Å². The van der Waals surface area contributed by atoms with Gasteiger partial charge in [-0.15, -0.1) is 22.0 Å². The van der Waals surface area contributed by atoms with Gasteiger partial charge in [0.2, 0.25) is 11.0 Å². The minimum atomic E-state index is -0.0905. The first-order valence-electron chi connectivity index (χ1n) is 6.75. The van der Waals surface area contributed by atoms with Crippen molar-refractivity contribution in [1.29, 1.82) is 0 Å². The third-order valence-electron chi connectivity index (χ3n) is 2.48. The van der Waals surface area contributed by atoms with Gasteiger partial charge < -0.3 is 0 Å². The number of anilines is 1. The molecule has 23 heavy (non-hydrogen) atoms. The lowest BCUT2D eigenvalue weighted by Crippen LogP contribution is -2.13. The van der Waals surface area contributed by atoms with Crippen LogP contribution in [0.2, 0.25) is 10.0 Å². The average molecular weight is 408 g/mol. The number of benzene rings is 1. The first-order chi connectivity index (χ1) is 10.9. The number of amides is 1. The molecular weight excluding hydrogens is 393 g/mol. The van der Waals surface area contributed by atoms with Gasteiger partial charge in [-0.1, -0.05) is 66.2 Å². The highest BCUT2D eigenvalue weighted by Gasteiger charge is 2.10. The summed E-state index contributed by atoms with van der Waals surface area (Å²) in [5.74, 6) is 0.939. The standard InChI is InChI=1S/C14H15Cl2N3OS3/c1-8(2)22-14-19-18-13(23-14)17-12(20)7-21-6-9-3-4-10(15)11(16)5-9/h3-5,8H,6-7H2,1-2H3,(H,17,18,20). The third-order valence-corrected chi connectivity index (χ3v) is 6.14. The summed E-state index contributed by atoms with van der Waals surface area (Å²) in [5.41, 5.74) is 1.03. The maximum absolute atomic E-state index is 11.9. The van der Waals surface area contributed by atoms with Gasteiger partial charge in [-0.3, -0.25) is 10.1 Å². The van der Waals surface area contributed by atoms with E-state index in [1.807, 2.05) is 12.1 Å². The Kier molecular flexibility index (Phi) is 7.49. The van der Waals surface area contributed by atoms with Crippen LogP contribution < -0.4 is 5.32 Å². The first-order valence-corrected chi connectivity index (χ1v) is 10.4. The number of nitrogens with zero attached hydrogens (tertiary/aromatic N) is 2. The lowest BCUT2D eigenvalue weighted by molar-refractivity contribution is -0.113. The summed E-state index contributed by atoms with van der Waals surface area (Å²) in [6.45, 7) is 4.17. The van der Waals surface area contributed by atoms with Gasteiger partial charge in [0.05, 0.1) is 15.8 Å². The number of halogens is 2. The molecule has 1 N–H and O–H groups in total. The van der Waals surface area contributed by atoms with Crippen LogP contribution in [0.25, 0.3) is 0 Å². The predicted octanol–water partition coefficient (Wildman–Crippen LogP) is 5.22. The van der Waals surface area contributed by atoms with E-state index in [2.05, 4.69) is 29.4 Å². The minimum absolute atomic E-state index is 0.0905. The van der Waals surface area contributed by atoms with Crippen molar-refractivity contribution in [3.05, 3.63) is 33.8 Å². The molecule has 9 heteroatoms. The molecule has 0 aliphatic carbocycles. The van der Waals surface area contributed by atoms with Crippen LogP contribution >= 0.6 is 58.1 Å². The van der Waals surface area contributed by atoms with Crippen molar-refractivity contribution in [2.75, 3.05) is 11.1 Å². The van der Waals surface area contributed by atoms with Crippen LogP contribution in [0.3, 0.4) is 0 Å². The molecule has 1 aromatic carbocycles. The second-order valence-corrected chi connectivity index (χ2v) is 9.43. The number of carbonyl (C=O) groups excluding carboxylic acids is 1. The van der Waals surface area contributed by atoms with E-state index in [4.69, 9.17) is 23.2 Å². The topological polar surface area (TPSA) is 54.9 Å². The lowest BCUT2D eigenvalue weighted by atomic mass is 10.2. The first kappa shape index (κ1) is 18.9. The van der Waals surface area contributed by atoms with Crippen LogP contribution in [0.1, 0.15) is 19.4 Å².